The highest BCUT2D eigenvalue weighted by atomic mass is 31.2. The van der Waals surface area contributed by atoms with Gasteiger partial charge in [0, 0.05) is 12.8 Å². The largest absolute Gasteiger partial charge is 0.472 e. The summed E-state index contributed by atoms with van der Waals surface area (Å²) in [6, 6.07) is 0. The van der Waals surface area contributed by atoms with E-state index in [9.17, 15) is 23.8 Å². The number of ketones is 1. The first-order valence-electron chi connectivity index (χ1n) is 20.1. The SMILES string of the molecule is CCCCC/C=C\C/C=C\CCCCCCCC(=O)O[C@H](COC(=O)CCCCCCCCCCCCCCC)COP(=O)(O)OCC(=O)CO. The van der Waals surface area contributed by atoms with Gasteiger partial charge < -0.3 is 19.5 Å². The number of carbonyl (C=O) groups is 3. The Labute approximate surface area is 310 Å². The van der Waals surface area contributed by atoms with Gasteiger partial charge in [-0.15, -0.1) is 0 Å². The Morgan fingerprint density at radius 1 is 0.588 bits per heavy atom. The number of rotatable bonds is 38. The Balaban J connectivity index is 4.36. The molecule has 0 rings (SSSR count). The molecule has 298 valence electrons. The number of unbranched alkanes of at least 4 members (excludes halogenated alkanes) is 20. The molecule has 2 N–H and O–H groups in total. The number of hydrogen-bond acceptors (Lipinski definition) is 9. The van der Waals surface area contributed by atoms with Gasteiger partial charge in [0.2, 0.25) is 0 Å². The minimum absolute atomic E-state index is 0.159. The van der Waals surface area contributed by atoms with Gasteiger partial charge in [0.15, 0.2) is 11.9 Å². The second-order valence-electron chi connectivity index (χ2n) is 13.5. The van der Waals surface area contributed by atoms with E-state index >= 15 is 0 Å². The quantitative estimate of drug-likeness (QED) is 0.0271. The van der Waals surface area contributed by atoms with Crippen LogP contribution in [0, 0.1) is 0 Å². The lowest BCUT2D eigenvalue weighted by Gasteiger charge is -2.19. The van der Waals surface area contributed by atoms with Crippen LogP contribution in [0.4, 0.5) is 0 Å². The maximum Gasteiger partial charge on any atom is 0.472 e. The van der Waals surface area contributed by atoms with Crippen molar-refractivity contribution in [2.45, 2.75) is 187 Å². The molecule has 10 nitrogen and oxygen atoms in total. The molecule has 0 aromatic rings. The number of allylic oxidation sites excluding steroid dienone is 4. The number of aliphatic hydroxyl groups excluding tert-OH is 1. The van der Waals surface area contributed by atoms with E-state index in [-0.39, 0.29) is 19.4 Å². The first-order chi connectivity index (χ1) is 24.7. The molecular formula is C40H73O10P. The van der Waals surface area contributed by atoms with E-state index in [4.69, 9.17) is 19.1 Å². The molecule has 0 aliphatic carbocycles. The lowest BCUT2D eigenvalue weighted by Crippen LogP contribution is -2.29. The second-order valence-corrected chi connectivity index (χ2v) is 15.0. The van der Waals surface area contributed by atoms with Crippen LogP contribution in [0.3, 0.4) is 0 Å². The maximum absolute atomic E-state index is 12.6. The van der Waals surface area contributed by atoms with Crippen LogP contribution >= 0.6 is 7.82 Å². The van der Waals surface area contributed by atoms with Gasteiger partial charge >= 0.3 is 19.8 Å². The predicted molar refractivity (Wildman–Crippen MR) is 204 cm³/mol. The third-order valence-electron chi connectivity index (χ3n) is 8.53. The van der Waals surface area contributed by atoms with Crippen LogP contribution in [-0.4, -0.2) is 60.3 Å². The van der Waals surface area contributed by atoms with Gasteiger partial charge in [-0.1, -0.05) is 147 Å². The normalized spacial score (nSPS) is 13.5. The van der Waals surface area contributed by atoms with Gasteiger partial charge in [-0.05, 0) is 44.9 Å². The fraction of sp³-hybridized carbons (Fsp3) is 0.825. The molecule has 1 unspecified atom stereocenters. The second kappa shape index (κ2) is 36.5. The number of esters is 2. The fourth-order valence-electron chi connectivity index (χ4n) is 5.40. The Bertz CT molecular complexity index is 952. The molecule has 0 aliphatic rings. The summed E-state index contributed by atoms with van der Waals surface area (Å²) in [5, 5.41) is 8.80. The van der Waals surface area contributed by atoms with Crippen molar-refractivity contribution in [3.8, 4) is 0 Å². The molecule has 51 heavy (non-hydrogen) atoms. The lowest BCUT2D eigenvalue weighted by atomic mass is 10.0. The van der Waals surface area contributed by atoms with Crippen LogP contribution in [0.25, 0.3) is 0 Å². The molecule has 0 saturated heterocycles. The Kier molecular flexibility index (Phi) is 35.2. The molecule has 0 aliphatic heterocycles. The molecule has 2 atom stereocenters. The van der Waals surface area contributed by atoms with Crippen molar-refractivity contribution in [2.75, 3.05) is 26.4 Å². The summed E-state index contributed by atoms with van der Waals surface area (Å²) in [6.07, 6.45) is 35.4. The van der Waals surface area contributed by atoms with Crippen LogP contribution in [-0.2, 0) is 37.5 Å². The third-order valence-corrected chi connectivity index (χ3v) is 9.46. The Morgan fingerprint density at radius 2 is 1.04 bits per heavy atom. The number of carbonyl (C=O) groups excluding carboxylic acids is 3. The summed E-state index contributed by atoms with van der Waals surface area (Å²) in [4.78, 5) is 46.0. The van der Waals surface area contributed by atoms with Gasteiger partial charge in [-0.2, -0.15) is 0 Å². The molecule has 0 aromatic heterocycles. The zero-order valence-electron chi connectivity index (χ0n) is 32.2. The van der Waals surface area contributed by atoms with Gasteiger partial charge in [0.05, 0.1) is 6.61 Å². The molecular weight excluding hydrogens is 671 g/mol. The van der Waals surface area contributed by atoms with Crippen molar-refractivity contribution in [1.82, 2.24) is 0 Å². The number of aliphatic hydroxyl groups is 1. The van der Waals surface area contributed by atoms with Gasteiger partial charge in [-0.3, -0.25) is 23.4 Å². The summed E-state index contributed by atoms with van der Waals surface area (Å²) in [5.74, 6) is -1.76. The minimum Gasteiger partial charge on any atom is -0.462 e. The van der Waals surface area contributed by atoms with Crippen molar-refractivity contribution in [1.29, 1.82) is 0 Å². The average molecular weight is 745 g/mol. The molecule has 0 heterocycles. The monoisotopic (exact) mass is 744 g/mol. The molecule has 0 radical (unpaired) electrons. The van der Waals surface area contributed by atoms with Crippen LogP contribution in [0.15, 0.2) is 24.3 Å². The predicted octanol–water partition coefficient (Wildman–Crippen LogP) is 10.4. The van der Waals surface area contributed by atoms with Crippen molar-refractivity contribution < 1.29 is 47.5 Å². The Morgan fingerprint density at radius 3 is 1.57 bits per heavy atom. The summed E-state index contributed by atoms with van der Waals surface area (Å²) >= 11 is 0. The molecule has 11 heteroatoms. The van der Waals surface area contributed by atoms with Crippen LogP contribution in [0.2, 0.25) is 0 Å². The summed E-state index contributed by atoms with van der Waals surface area (Å²) in [5.41, 5.74) is 0. The van der Waals surface area contributed by atoms with Gasteiger partial charge in [0.1, 0.15) is 19.8 Å². The highest BCUT2D eigenvalue weighted by Gasteiger charge is 2.27. The molecule has 0 bridgehead atoms. The highest BCUT2D eigenvalue weighted by Crippen LogP contribution is 2.43. The number of ether oxygens (including phenoxy) is 2. The first-order valence-corrected chi connectivity index (χ1v) is 21.6. The van der Waals surface area contributed by atoms with E-state index in [0.29, 0.717) is 12.8 Å². The number of phosphoric acid groups is 1. The number of hydrogen-bond donors (Lipinski definition) is 2. The van der Waals surface area contributed by atoms with Crippen LogP contribution in [0.1, 0.15) is 181 Å². The first kappa shape index (κ1) is 49.2. The summed E-state index contributed by atoms with van der Waals surface area (Å²) < 4.78 is 32.4. The molecule has 0 spiro atoms. The third kappa shape index (κ3) is 36.3. The molecule has 0 amide bonds. The van der Waals surface area contributed by atoms with Crippen molar-refractivity contribution >= 4 is 25.5 Å². The van der Waals surface area contributed by atoms with E-state index in [0.717, 1.165) is 64.2 Å². The van der Waals surface area contributed by atoms with E-state index < -0.39 is 51.5 Å². The Hall–Kier alpha value is -1.84. The highest BCUT2D eigenvalue weighted by molar-refractivity contribution is 7.47. The van der Waals surface area contributed by atoms with Gasteiger partial charge in [0.25, 0.3) is 0 Å². The van der Waals surface area contributed by atoms with Crippen molar-refractivity contribution in [3.63, 3.8) is 0 Å². The average Bonchev–Trinajstić information content (AvgIpc) is 3.12. The summed E-state index contributed by atoms with van der Waals surface area (Å²) in [6.45, 7) is 1.90. The van der Waals surface area contributed by atoms with Gasteiger partial charge in [-0.25, -0.2) is 4.57 Å². The van der Waals surface area contributed by atoms with E-state index in [1.165, 1.54) is 77.0 Å². The zero-order valence-corrected chi connectivity index (χ0v) is 33.1. The van der Waals surface area contributed by atoms with Crippen molar-refractivity contribution in [3.05, 3.63) is 24.3 Å². The molecule has 0 fully saturated rings. The van der Waals surface area contributed by atoms with Crippen LogP contribution < -0.4 is 0 Å². The van der Waals surface area contributed by atoms with Crippen molar-refractivity contribution in [2.24, 2.45) is 0 Å². The lowest BCUT2D eigenvalue weighted by molar-refractivity contribution is -0.161. The smallest absolute Gasteiger partial charge is 0.462 e. The topological polar surface area (TPSA) is 146 Å². The number of Topliss-reactive ketones (excluding diaryl/α,β-unsaturated/α-hetero) is 1. The molecule has 0 saturated carbocycles. The van der Waals surface area contributed by atoms with E-state index in [2.05, 4.69) is 42.7 Å². The standard InChI is InChI=1S/C40H73O10P/c1-3-5-7-9-11-13-15-17-18-20-22-24-26-28-30-32-40(44)50-38(36-49-51(45,46)48-34-37(42)33-41)35-47-39(43)31-29-27-25-23-21-19-16-14-12-10-8-6-4-2/h11,13,17-18,38,41H,3-10,12,14-16,19-36H2,1-2H3,(H,45,46)/b13-11-,18-17-/t38-/m1/s1. The van der Waals surface area contributed by atoms with E-state index in [1.807, 2.05) is 0 Å². The minimum atomic E-state index is -4.67. The maximum atomic E-state index is 12.6. The fourth-order valence-corrected chi connectivity index (χ4v) is 6.14. The number of phosphoric ester groups is 1. The van der Waals surface area contributed by atoms with Crippen LogP contribution in [0.5, 0.6) is 0 Å². The zero-order chi connectivity index (χ0) is 37.7. The molecule has 0 aromatic carbocycles. The van der Waals surface area contributed by atoms with E-state index in [1.54, 1.807) is 0 Å². The summed E-state index contributed by atoms with van der Waals surface area (Å²) in [7, 11) is -4.67.